The second-order valence-corrected chi connectivity index (χ2v) is 5.91. The molecule has 1 aromatic rings. The van der Waals surface area contributed by atoms with E-state index in [4.69, 9.17) is 4.74 Å². The smallest absolute Gasteiger partial charge is 0.160 e. The third-order valence-corrected chi connectivity index (χ3v) is 4.43. The SMILES string of the molecule is COc1cc([C@H](CC2CC2)N2CCNCC2)ccc1O. The Hall–Kier alpha value is -1.26. The van der Waals surface area contributed by atoms with Crippen molar-refractivity contribution in [2.24, 2.45) is 5.92 Å². The van der Waals surface area contributed by atoms with E-state index in [1.54, 1.807) is 13.2 Å². The number of phenols is 1. The molecule has 1 aliphatic carbocycles. The Morgan fingerprint density at radius 1 is 1.35 bits per heavy atom. The first-order valence-corrected chi connectivity index (χ1v) is 7.59. The van der Waals surface area contributed by atoms with E-state index < -0.39 is 0 Å². The van der Waals surface area contributed by atoms with Gasteiger partial charge in [0.25, 0.3) is 0 Å². The highest BCUT2D eigenvalue weighted by atomic mass is 16.5. The van der Waals surface area contributed by atoms with Crippen LogP contribution in [0.1, 0.15) is 30.9 Å². The average molecular weight is 276 g/mol. The molecule has 110 valence electrons. The highest BCUT2D eigenvalue weighted by Crippen LogP contribution is 2.41. The average Bonchev–Trinajstić information content (AvgIpc) is 3.30. The van der Waals surface area contributed by atoms with Crippen molar-refractivity contribution in [2.45, 2.75) is 25.3 Å². The predicted octanol–water partition coefficient (Wildman–Crippen LogP) is 2.15. The van der Waals surface area contributed by atoms with E-state index in [1.165, 1.54) is 24.8 Å². The lowest BCUT2D eigenvalue weighted by Crippen LogP contribution is -2.45. The molecule has 3 rings (SSSR count). The fourth-order valence-electron chi connectivity index (χ4n) is 3.06. The molecule has 20 heavy (non-hydrogen) atoms. The fourth-order valence-corrected chi connectivity index (χ4v) is 3.06. The first-order chi connectivity index (χ1) is 9.78. The number of hydrogen-bond acceptors (Lipinski definition) is 4. The van der Waals surface area contributed by atoms with Crippen LogP contribution in [0.4, 0.5) is 0 Å². The van der Waals surface area contributed by atoms with Gasteiger partial charge < -0.3 is 15.2 Å². The van der Waals surface area contributed by atoms with Crippen LogP contribution in [0, 0.1) is 5.92 Å². The van der Waals surface area contributed by atoms with Crippen LogP contribution in [-0.2, 0) is 0 Å². The molecule has 1 saturated carbocycles. The summed E-state index contributed by atoms with van der Waals surface area (Å²) >= 11 is 0. The number of nitrogens with one attached hydrogen (secondary N) is 1. The molecule has 1 atom stereocenters. The molecule has 0 amide bonds. The number of phenolic OH excluding ortho intramolecular Hbond substituents is 1. The van der Waals surface area contributed by atoms with Crippen LogP contribution in [-0.4, -0.2) is 43.3 Å². The van der Waals surface area contributed by atoms with Crippen molar-refractivity contribution in [3.8, 4) is 11.5 Å². The second kappa shape index (κ2) is 6.02. The van der Waals surface area contributed by atoms with Gasteiger partial charge in [-0.2, -0.15) is 0 Å². The van der Waals surface area contributed by atoms with Gasteiger partial charge in [-0.25, -0.2) is 0 Å². The Bertz CT molecular complexity index is 454. The fraction of sp³-hybridized carbons (Fsp3) is 0.625. The Morgan fingerprint density at radius 3 is 2.75 bits per heavy atom. The molecule has 1 aromatic carbocycles. The van der Waals surface area contributed by atoms with Gasteiger partial charge in [0.05, 0.1) is 7.11 Å². The van der Waals surface area contributed by atoms with E-state index in [2.05, 4.69) is 10.2 Å². The zero-order chi connectivity index (χ0) is 13.9. The van der Waals surface area contributed by atoms with Gasteiger partial charge in [0.2, 0.25) is 0 Å². The lowest BCUT2D eigenvalue weighted by Gasteiger charge is -2.35. The molecule has 2 N–H and O–H groups in total. The Balaban J connectivity index is 1.83. The van der Waals surface area contributed by atoms with Gasteiger partial charge in [0, 0.05) is 32.2 Å². The van der Waals surface area contributed by atoms with Crippen molar-refractivity contribution >= 4 is 0 Å². The predicted molar refractivity (Wildman–Crippen MR) is 79.2 cm³/mol. The molecule has 1 saturated heterocycles. The molecule has 0 bridgehead atoms. The zero-order valence-electron chi connectivity index (χ0n) is 12.1. The summed E-state index contributed by atoms with van der Waals surface area (Å²) in [6, 6.07) is 6.27. The summed E-state index contributed by atoms with van der Waals surface area (Å²) < 4.78 is 5.26. The van der Waals surface area contributed by atoms with Crippen LogP contribution in [0.2, 0.25) is 0 Å². The van der Waals surface area contributed by atoms with E-state index in [9.17, 15) is 5.11 Å². The van der Waals surface area contributed by atoms with Gasteiger partial charge in [-0.15, -0.1) is 0 Å². The number of piperazine rings is 1. The van der Waals surface area contributed by atoms with Crippen molar-refractivity contribution < 1.29 is 9.84 Å². The number of methoxy groups -OCH3 is 1. The molecule has 4 nitrogen and oxygen atoms in total. The Kier molecular flexibility index (Phi) is 4.13. The van der Waals surface area contributed by atoms with Crippen molar-refractivity contribution in [1.82, 2.24) is 10.2 Å². The normalized spacial score (nSPS) is 21.6. The van der Waals surface area contributed by atoms with Gasteiger partial charge in [-0.3, -0.25) is 4.90 Å². The third-order valence-electron chi connectivity index (χ3n) is 4.43. The van der Waals surface area contributed by atoms with Crippen LogP contribution in [0.5, 0.6) is 11.5 Å². The second-order valence-electron chi connectivity index (χ2n) is 5.91. The van der Waals surface area contributed by atoms with Crippen molar-refractivity contribution in [2.75, 3.05) is 33.3 Å². The van der Waals surface area contributed by atoms with E-state index in [1.807, 2.05) is 12.1 Å². The maximum Gasteiger partial charge on any atom is 0.160 e. The summed E-state index contributed by atoms with van der Waals surface area (Å²) in [6.07, 6.45) is 3.98. The van der Waals surface area contributed by atoms with Crippen LogP contribution < -0.4 is 10.1 Å². The lowest BCUT2D eigenvalue weighted by atomic mass is 9.98. The molecule has 0 aromatic heterocycles. The molecule has 2 fully saturated rings. The largest absolute Gasteiger partial charge is 0.504 e. The summed E-state index contributed by atoms with van der Waals surface area (Å²) in [5, 5.41) is 13.2. The summed E-state index contributed by atoms with van der Waals surface area (Å²) in [5.74, 6) is 1.69. The van der Waals surface area contributed by atoms with Crippen molar-refractivity contribution in [1.29, 1.82) is 0 Å². The maximum atomic E-state index is 9.77. The molecule has 0 unspecified atom stereocenters. The van der Waals surface area contributed by atoms with Gasteiger partial charge in [0.1, 0.15) is 0 Å². The highest BCUT2D eigenvalue weighted by molar-refractivity contribution is 5.42. The molecule has 1 aliphatic heterocycles. The minimum absolute atomic E-state index is 0.224. The van der Waals surface area contributed by atoms with Crippen LogP contribution in [0.3, 0.4) is 0 Å². The Labute approximate surface area is 120 Å². The van der Waals surface area contributed by atoms with Crippen molar-refractivity contribution in [3.05, 3.63) is 23.8 Å². The molecule has 4 heteroatoms. The minimum atomic E-state index is 0.224. The Morgan fingerprint density at radius 2 is 2.10 bits per heavy atom. The molecular formula is C16H24N2O2. The van der Waals surface area contributed by atoms with Gasteiger partial charge in [0.15, 0.2) is 11.5 Å². The van der Waals surface area contributed by atoms with Crippen LogP contribution in [0.15, 0.2) is 18.2 Å². The van der Waals surface area contributed by atoms with Gasteiger partial charge in [-0.1, -0.05) is 18.9 Å². The van der Waals surface area contributed by atoms with Gasteiger partial charge in [-0.05, 0) is 30.0 Å². The zero-order valence-corrected chi connectivity index (χ0v) is 12.1. The van der Waals surface area contributed by atoms with Crippen LogP contribution in [0.25, 0.3) is 0 Å². The molecule has 2 aliphatic rings. The standard InChI is InChI=1S/C16H24N2O2/c1-20-16-11-13(4-5-15(16)19)14(10-12-2-3-12)18-8-6-17-7-9-18/h4-5,11-12,14,17,19H,2-3,6-10H2,1H3/t14-/m0/s1. The highest BCUT2D eigenvalue weighted by Gasteiger charge is 2.30. The molecule has 0 radical (unpaired) electrons. The number of aromatic hydroxyl groups is 1. The summed E-state index contributed by atoms with van der Waals surface area (Å²) in [6.45, 7) is 4.33. The lowest BCUT2D eigenvalue weighted by molar-refractivity contribution is 0.160. The molecule has 0 spiro atoms. The van der Waals surface area contributed by atoms with Crippen molar-refractivity contribution in [3.63, 3.8) is 0 Å². The maximum absolute atomic E-state index is 9.77. The third kappa shape index (κ3) is 3.07. The number of nitrogens with zero attached hydrogens (tertiary/aromatic N) is 1. The number of rotatable bonds is 5. The van der Waals surface area contributed by atoms with E-state index in [0.29, 0.717) is 11.8 Å². The molecular weight excluding hydrogens is 252 g/mol. The summed E-state index contributed by atoms with van der Waals surface area (Å²) in [5.41, 5.74) is 1.27. The van der Waals surface area contributed by atoms with E-state index in [0.717, 1.165) is 32.1 Å². The summed E-state index contributed by atoms with van der Waals surface area (Å²) in [7, 11) is 1.61. The minimum Gasteiger partial charge on any atom is -0.504 e. The quantitative estimate of drug-likeness (QED) is 0.865. The van der Waals surface area contributed by atoms with E-state index in [-0.39, 0.29) is 5.75 Å². The summed E-state index contributed by atoms with van der Waals surface area (Å²) in [4.78, 5) is 2.57. The monoisotopic (exact) mass is 276 g/mol. The topological polar surface area (TPSA) is 44.7 Å². The first-order valence-electron chi connectivity index (χ1n) is 7.59. The number of benzene rings is 1. The first kappa shape index (κ1) is 13.7. The number of ether oxygens (including phenoxy) is 1. The number of hydrogen-bond donors (Lipinski definition) is 2. The van der Waals surface area contributed by atoms with E-state index >= 15 is 0 Å². The molecule has 1 heterocycles. The van der Waals surface area contributed by atoms with Crippen LogP contribution >= 0.6 is 0 Å². The van der Waals surface area contributed by atoms with Gasteiger partial charge >= 0.3 is 0 Å².